The van der Waals surface area contributed by atoms with Crippen LogP contribution in [0.1, 0.15) is 0 Å². The number of aromatic nitrogens is 2. The van der Waals surface area contributed by atoms with Crippen molar-refractivity contribution < 1.29 is 10.2 Å². The summed E-state index contributed by atoms with van der Waals surface area (Å²) in [5.41, 5.74) is 2.20. The number of phenols is 2. The van der Waals surface area contributed by atoms with E-state index in [4.69, 9.17) is 0 Å². The maximum absolute atomic E-state index is 9.52. The molecule has 0 aliphatic heterocycles. The van der Waals surface area contributed by atoms with Gasteiger partial charge in [-0.2, -0.15) is 0 Å². The van der Waals surface area contributed by atoms with Gasteiger partial charge in [0.1, 0.15) is 11.5 Å². The van der Waals surface area contributed by atoms with Gasteiger partial charge < -0.3 is 15.5 Å². The first-order chi connectivity index (χ1) is 10.2. The van der Waals surface area contributed by atoms with Gasteiger partial charge in [0, 0.05) is 23.5 Å². The van der Waals surface area contributed by atoms with E-state index in [9.17, 15) is 10.2 Å². The standard InChI is InChI=1S/C16H13N3O2/c20-13-5-1-3-11(9-13)15-7-8-17-16(19-15)18-12-4-2-6-14(21)10-12/h1-10,20-21H,(H,17,18,19). The van der Waals surface area contributed by atoms with Gasteiger partial charge in [0.05, 0.1) is 5.69 Å². The molecule has 0 aliphatic carbocycles. The summed E-state index contributed by atoms with van der Waals surface area (Å²) in [6, 6.07) is 15.4. The summed E-state index contributed by atoms with van der Waals surface area (Å²) in [5, 5.41) is 22.0. The van der Waals surface area contributed by atoms with E-state index in [-0.39, 0.29) is 11.5 Å². The zero-order valence-electron chi connectivity index (χ0n) is 11.1. The molecule has 0 atom stereocenters. The highest BCUT2D eigenvalue weighted by molar-refractivity contribution is 5.63. The number of rotatable bonds is 3. The van der Waals surface area contributed by atoms with Crippen molar-refractivity contribution >= 4 is 11.6 Å². The summed E-state index contributed by atoms with van der Waals surface area (Å²) in [7, 11) is 0. The average molecular weight is 279 g/mol. The number of hydrogen-bond donors (Lipinski definition) is 3. The van der Waals surface area contributed by atoms with Crippen LogP contribution in [0.5, 0.6) is 11.5 Å². The Morgan fingerprint density at radius 3 is 2.38 bits per heavy atom. The zero-order chi connectivity index (χ0) is 14.7. The fourth-order valence-electron chi connectivity index (χ4n) is 1.96. The third-order valence-electron chi connectivity index (χ3n) is 2.90. The molecule has 3 N–H and O–H groups in total. The lowest BCUT2D eigenvalue weighted by Crippen LogP contribution is -1.97. The van der Waals surface area contributed by atoms with Gasteiger partial charge in [0.15, 0.2) is 0 Å². The van der Waals surface area contributed by atoms with Gasteiger partial charge in [0.25, 0.3) is 0 Å². The number of nitrogens with zero attached hydrogens (tertiary/aromatic N) is 2. The summed E-state index contributed by atoms with van der Waals surface area (Å²) in [5.74, 6) is 0.777. The number of nitrogens with one attached hydrogen (secondary N) is 1. The minimum Gasteiger partial charge on any atom is -0.508 e. The zero-order valence-corrected chi connectivity index (χ0v) is 11.1. The van der Waals surface area contributed by atoms with Crippen molar-refractivity contribution in [1.82, 2.24) is 9.97 Å². The van der Waals surface area contributed by atoms with Crippen LogP contribution in [-0.2, 0) is 0 Å². The number of benzene rings is 2. The van der Waals surface area contributed by atoms with Gasteiger partial charge in [0.2, 0.25) is 5.95 Å². The maximum atomic E-state index is 9.52. The van der Waals surface area contributed by atoms with Crippen molar-refractivity contribution in [3.63, 3.8) is 0 Å². The molecule has 21 heavy (non-hydrogen) atoms. The molecular formula is C16H13N3O2. The number of anilines is 2. The Kier molecular flexibility index (Phi) is 3.39. The first-order valence-corrected chi connectivity index (χ1v) is 6.39. The van der Waals surface area contributed by atoms with Crippen LogP contribution in [0.3, 0.4) is 0 Å². The average Bonchev–Trinajstić information content (AvgIpc) is 2.47. The fourth-order valence-corrected chi connectivity index (χ4v) is 1.96. The van der Waals surface area contributed by atoms with Crippen LogP contribution in [0.15, 0.2) is 60.8 Å². The highest BCUT2D eigenvalue weighted by atomic mass is 16.3. The van der Waals surface area contributed by atoms with Gasteiger partial charge >= 0.3 is 0 Å². The smallest absolute Gasteiger partial charge is 0.227 e. The van der Waals surface area contributed by atoms with E-state index in [1.165, 1.54) is 0 Å². The Balaban J connectivity index is 1.90. The summed E-state index contributed by atoms with van der Waals surface area (Å²) in [6.07, 6.45) is 1.64. The van der Waals surface area contributed by atoms with E-state index in [0.717, 1.165) is 5.56 Å². The van der Waals surface area contributed by atoms with E-state index in [1.54, 1.807) is 48.7 Å². The van der Waals surface area contributed by atoms with Crippen molar-refractivity contribution in [3.05, 3.63) is 60.8 Å². The van der Waals surface area contributed by atoms with Crippen LogP contribution in [0.2, 0.25) is 0 Å². The maximum Gasteiger partial charge on any atom is 0.227 e. The van der Waals surface area contributed by atoms with Gasteiger partial charge in [-0.1, -0.05) is 18.2 Å². The Morgan fingerprint density at radius 1 is 0.857 bits per heavy atom. The lowest BCUT2D eigenvalue weighted by Gasteiger charge is -2.07. The van der Waals surface area contributed by atoms with Crippen LogP contribution in [0.25, 0.3) is 11.3 Å². The quantitative estimate of drug-likeness (QED) is 0.685. The molecule has 2 aromatic carbocycles. The predicted octanol–water partition coefficient (Wildman–Crippen LogP) is 3.30. The molecule has 1 heterocycles. The van der Waals surface area contributed by atoms with Gasteiger partial charge in [-0.15, -0.1) is 0 Å². The number of phenolic OH excluding ortho intramolecular Hbond substituents is 2. The molecule has 0 bridgehead atoms. The molecule has 0 fully saturated rings. The van der Waals surface area contributed by atoms with E-state index >= 15 is 0 Å². The minimum atomic E-state index is 0.170. The van der Waals surface area contributed by atoms with Crippen molar-refractivity contribution in [3.8, 4) is 22.8 Å². The highest BCUT2D eigenvalue weighted by Gasteiger charge is 2.04. The second-order valence-electron chi connectivity index (χ2n) is 4.49. The van der Waals surface area contributed by atoms with Crippen molar-refractivity contribution in [2.75, 3.05) is 5.32 Å². The van der Waals surface area contributed by atoms with Gasteiger partial charge in [-0.05, 0) is 30.3 Å². The van der Waals surface area contributed by atoms with E-state index in [0.29, 0.717) is 17.3 Å². The summed E-state index contributed by atoms with van der Waals surface area (Å²) in [4.78, 5) is 8.54. The molecule has 104 valence electrons. The monoisotopic (exact) mass is 279 g/mol. The first kappa shape index (κ1) is 12.9. The summed E-state index contributed by atoms with van der Waals surface area (Å²) in [6.45, 7) is 0. The van der Waals surface area contributed by atoms with Crippen LogP contribution in [0, 0.1) is 0 Å². The molecule has 0 aliphatic rings. The van der Waals surface area contributed by atoms with Gasteiger partial charge in [-0.3, -0.25) is 0 Å². The Bertz CT molecular complexity index is 775. The molecule has 5 heteroatoms. The van der Waals surface area contributed by atoms with Crippen LogP contribution >= 0.6 is 0 Å². The van der Waals surface area contributed by atoms with Crippen molar-refractivity contribution in [2.45, 2.75) is 0 Å². The third-order valence-corrected chi connectivity index (χ3v) is 2.90. The molecule has 0 spiro atoms. The molecule has 5 nitrogen and oxygen atoms in total. The van der Waals surface area contributed by atoms with Crippen molar-refractivity contribution in [2.24, 2.45) is 0 Å². The van der Waals surface area contributed by atoms with E-state index in [1.807, 2.05) is 12.1 Å². The van der Waals surface area contributed by atoms with Gasteiger partial charge in [-0.25, -0.2) is 9.97 Å². The topological polar surface area (TPSA) is 78.3 Å². The lowest BCUT2D eigenvalue weighted by atomic mass is 10.1. The molecule has 0 unspecified atom stereocenters. The SMILES string of the molecule is Oc1cccc(Nc2nccc(-c3cccc(O)c3)n2)c1. The molecule has 0 saturated heterocycles. The highest BCUT2D eigenvalue weighted by Crippen LogP contribution is 2.23. The predicted molar refractivity (Wildman–Crippen MR) is 80.5 cm³/mol. The summed E-state index contributed by atoms with van der Waals surface area (Å²) >= 11 is 0. The Morgan fingerprint density at radius 2 is 1.62 bits per heavy atom. The number of aromatic hydroxyl groups is 2. The molecule has 1 aromatic heterocycles. The Hall–Kier alpha value is -3.08. The molecule has 0 saturated carbocycles. The summed E-state index contributed by atoms with van der Waals surface area (Å²) < 4.78 is 0. The minimum absolute atomic E-state index is 0.170. The molecular weight excluding hydrogens is 266 g/mol. The second-order valence-corrected chi connectivity index (χ2v) is 4.49. The molecule has 0 amide bonds. The largest absolute Gasteiger partial charge is 0.508 e. The molecule has 0 radical (unpaired) electrons. The van der Waals surface area contributed by atoms with Crippen LogP contribution in [-0.4, -0.2) is 20.2 Å². The fraction of sp³-hybridized carbons (Fsp3) is 0. The van der Waals surface area contributed by atoms with E-state index in [2.05, 4.69) is 15.3 Å². The normalized spacial score (nSPS) is 10.3. The van der Waals surface area contributed by atoms with Crippen molar-refractivity contribution in [1.29, 1.82) is 0 Å². The lowest BCUT2D eigenvalue weighted by molar-refractivity contribution is 0.475. The molecule has 3 aromatic rings. The second kappa shape index (κ2) is 5.50. The first-order valence-electron chi connectivity index (χ1n) is 6.39. The third kappa shape index (κ3) is 3.09. The number of hydrogen-bond acceptors (Lipinski definition) is 5. The molecule has 3 rings (SSSR count). The van der Waals surface area contributed by atoms with Crippen LogP contribution in [0.4, 0.5) is 11.6 Å². The Labute approximate surface area is 121 Å². The van der Waals surface area contributed by atoms with E-state index < -0.39 is 0 Å². The van der Waals surface area contributed by atoms with Crippen LogP contribution < -0.4 is 5.32 Å².